The van der Waals surface area contributed by atoms with Crippen molar-refractivity contribution in [2.24, 2.45) is 11.7 Å². The van der Waals surface area contributed by atoms with Crippen LogP contribution in [-0.2, 0) is 9.53 Å². The van der Waals surface area contributed by atoms with Crippen molar-refractivity contribution < 1.29 is 32.9 Å². The lowest BCUT2D eigenvalue weighted by Crippen LogP contribution is -2.21. The van der Waals surface area contributed by atoms with Crippen molar-refractivity contribution in [2.45, 2.75) is 67.4 Å². The smallest absolute Gasteiger partial charge is 0.313 e. The monoisotopic (exact) mass is 574 g/mol. The van der Waals surface area contributed by atoms with Crippen molar-refractivity contribution >= 4 is 22.5 Å². The van der Waals surface area contributed by atoms with Crippen molar-refractivity contribution in [3.63, 3.8) is 0 Å². The first-order valence-electron chi connectivity index (χ1n) is 13.8. The van der Waals surface area contributed by atoms with E-state index in [-0.39, 0.29) is 23.3 Å². The number of carbonyl (C=O) groups excluding carboxylic acids is 2. The molecule has 9 heteroatoms. The summed E-state index contributed by atoms with van der Waals surface area (Å²) in [7, 11) is 5.79. The van der Waals surface area contributed by atoms with Gasteiger partial charge in [0.1, 0.15) is 17.3 Å². The van der Waals surface area contributed by atoms with Gasteiger partial charge in [0, 0.05) is 11.6 Å². The zero-order valence-corrected chi connectivity index (χ0v) is 26.5. The highest BCUT2D eigenvalue weighted by Gasteiger charge is 2.30. The number of nitrogens with zero attached hydrogens (tertiary/aromatic N) is 1. The van der Waals surface area contributed by atoms with Gasteiger partial charge < -0.3 is 24.7 Å². The lowest BCUT2D eigenvalue weighted by Gasteiger charge is -2.22. The first kappa shape index (κ1) is 37.3. The van der Waals surface area contributed by atoms with Gasteiger partial charge in [0.2, 0.25) is 5.78 Å². The van der Waals surface area contributed by atoms with Gasteiger partial charge in [-0.3, -0.25) is 14.6 Å². The van der Waals surface area contributed by atoms with E-state index >= 15 is 0 Å². The maximum absolute atomic E-state index is 14.8. The summed E-state index contributed by atoms with van der Waals surface area (Å²) >= 11 is 0. The number of nitrogens with two attached hydrogens (primary N) is 1. The van der Waals surface area contributed by atoms with E-state index in [9.17, 15) is 14.0 Å². The quantitative estimate of drug-likeness (QED) is 0.216. The summed E-state index contributed by atoms with van der Waals surface area (Å²) in [4.78, 5) is 30.6. The largest absolute Gasteiger partial charge is 0.493 e. The number of pyridine rings is 1. The van der Waals surface area contributed by atoms with Gasteiger partial charge in [0.25, 0.3) is 0 Å². The van der Waals surface area contributed by atoms with Crippen molar-refractivity contribution in [3.05, 3.63) is 59.2 Å². The van der Waals surface area contributed by atoms with E-state index < -0.39 is 23.5 Å². The Bertz CT molecular complexity index is 1260. The van der Waals surface area contributed by atoms with E-state index in [1.165, 1.54) is 52.8 Å². The predicted octanol–water partition coefficient (Wildman–Crippen LogP) is 6.95. The number of hydrogen-bond acceptors (Lipinski definition) is 8. The molecule has 2 N–H and O–H groups in total. The molecular formula is C32H47FN2O6. The van der Waals surface area contributed by atoms with Crippen LogP contribution in [0.1, 0.15) is 82.9 Å². The fourth-order valence-electron chi connectivity index (χ4n) is 4.05. The van der Waals surface area contributed by atoms with Gasteiger partial charge in [0.05, 0.1) is 38.9 Å². The SMILES string of the molecule is CC.CC.CN.COC(=O)C(c1cnc(C(=O)c2cc(OC(C)C)ccc2F)c2cc(OC)c(OC)cc12)C(C)C. The Kier molecular flexibility index (Phi) is 16.9. The molecule has 0 aliphatic heterocycles. The molecule has 41 heavy (non-hydrogen) atoms. The lowest BCUT2D eigenvalue weighted by atomic mass is 9.85. The molecule has 1 unspecified atom stereocenters. The minimum atomic E-state index is -0.694. The third kappa shape index (κ3) is 9.14. The minimum absolute atomic E-state index is 0.0117. The molecule has 0 bridgehead atoms. The molecular weight excluding hydrogens is 527 g/mol. The van der Waals surface area contributed by atoms with Crippen LogP contribution < -0.4 is 19.9 Å². The third-order valence-corrected chi connectivity index (χ3v) is 5.65. The van der Waals surface area contributed by atoms with Gasteiger partial charge >= 0.3 is 5.97 Å². The average Bonchev–Trinajstić information content (AvgIpc) is 2.99. The van der Waals surface area contributed by atoms with Gasteiger partial charge in [-0.2, -0.15) is 0 Å². The number of methoxy groups -OCH3 is 3. The standard InChI is InChI=1S/C27H30FNO6.2C2H6.CH5N/c1-14(2)24(27(31)34-7)20-13-29-25(18-12-23(33-6)22(32-5)11-17(18)20)26(30)19-10-16(35-15(3)4)8-9-21(19)28;3*1-2/h8-15,24H,1-7H3;2*1-2H3;2H2,1H3. The van der Waals surface area contributed by atoms with Crippen LogP contribution >= 0.6 is 0 Å². The summed E-state index contributed by atoms with van der Waals surface area (Å²) < 4.78 is 36.3. The van der Waals surface area contributed by atoms with Crippen molar-refractivity contribution in [1.82, 2.24) is 4.98 Å². The normalized spacial score (nSPS) is 10.7. The van der Waals surface area contributed by atoms with E-state index in [0.29, 0.717) is 33.6 Å². The van der Waals surface area contributed by atoms with E-state index in [1.54, 1.807) is 12.1 Å². The lowest BCUT2D eigenvalue weighted by molar-refractivity contribution is -0.143. The molecule has 1 heterocycles. The minimum Gasteiger partial charge on any atom is -0.493 e. The Hall–Kier alpha value is -3.72. The number of carbonyl (C=O) groups is 2. The van der Waals surface area contributed by atoms with Gasteiger partial charge in [-0.1, -0.05) is 41.5 Å². The Labute approximate surface area is 244 Å². The summed E-state index contributed by atoms with van der Waals surface area (Å²) in [6.45, 7) is 15.5. The Morgan fingerprint density at radius 2 is 1.39 bits per heavy atom. The molecule has 1 aromatic heterocycles. The molecule has 0 aliphatic rings. The van der Waals surface area contributed by atoms with Crippen LogP contribution in [0.3, 0.4) is 0 Å². The molecule has 8 nitrogen and oxygen atoms in total. The van der Waals surface area contributed by atoms with Gasteiger partial charge in [-0.15, -0.1) is 0 Å². The zero-order valence-electron chi connectivity index (χ0n) is 26.5. The molecule has 0 spiro atoms. The molecule has 0 fully saturated rings. The van der Waals surface area contributed by atoms with E-state index in [2.05, 4.69) is 10.7 Å². The highest BCUT2D eigenvalue weighted by Crippen LogP contribution is 2.39. The van der Waals surface area contributed by atoms with Crippen LogP contribution in [0.2, 0.25) is 0 Å². The maximum atomic E-state index is 14.8. The van der Waals surface area contributed by atoms with Crippen LogP contribution in [0.15, 0.2) is 36.5 Å². The van der Waals surface area contributed by atoms with Crippen molar-refractivity contribution in [3.8, 4) is 17.2 Å². The molecule has 0 amide bonds. The number of aromatic nitrogens is 1. The third-order valence-electron chi connectivity index (χ3n) is 5.65. The first-order chi connectivity index (χ1) is 19.6. The maximum Gasteiger partial charge on any atom is 0.313 e. The van der Waals surface area contributed by atoms with Crippen molar-refractivity contribution in [1.29, 1.82) is 0 Å². The number of rotatable bonds is 9. The first-order valence-corrected chi connectivity index (χ1v) is 13.8. The molecule has 2 aromatic carbocycles. The molecule has 1 atom stereocenters. The van der Waals surface area contributed by atoms with E-state index in [4.69, 9.17) is 18.9 Å². The van der Waals surface area contributed by atoms with Crippen LogP contribution in [0.4, 0.5) is 4.39 Å². The average molecular weight is 575 g/mol. The van der Waals surface area contributed by atoms with E-state index in [0.717, 1.165) is 0 Å². The molecule has 0 radical (unpaired) electrons. The van der Waals surface area contributed by atoms with Gasteiger partial charge in [-0.25, -0.2) is 4.39 Å². The second-order valence-electron chi connectivity index (χ2n) is 8.70. The number of esters is 1. The molecule has 3 aromatic rings. The molecule has 0 saturated heterocycles. The summed E-state index contributed by atoms with van der Waals surface area (Å²) in [5, 5.41) is 0.953. The fraction of sp³-hybridized carbons (Fsp3) is 0.469. The second kappa shape index (κ2) is 18.6. The fourth-order valence-corrected chi connectivity index (χ4v) is 4.05. The van der Waals surface area contributed by atoms with Crippen LogP contribution in [0.25, 0.3) is 10.8 Å². The Morgan fingerprint density at radius 3 is 1.85 bits per heavy atom. The van der Waals surface area contributed by atoms with Crippen LogP contribution in [0.5, 0.6) is 17.2 Å². The summed E-state index contributed by atoms with van der Waals surface area (Å²) in [6.07, 6.45) is 1.32. The number of halogens is 1. The predicted molar refractivity (Wildman–Crippen MR) is 163 cm³/mol. The van der Waals surface area contributed by atoms with Gasteiger partial charge in [0.15, 0.2) is 11.5 Å². The number of ketones is 1. The number of benzene rings is 2. The van der Waals surface area contributed by atoms with Gasteiger partial charge in [-0.05, 0) is 68.1 Å². The van der Waals surface area contributed by atoms with Crippen molar-refractivity contribution in [2.75, 3.05) is 28.4 Å². The highest BCUT2D eigenvalue weighted by atomic mass is 19.1. The van der Waals surface area contributed by atoms with E-state index in [1.807, 2.05) is 55.4 Å². The topological polar surface area (TPSA) is 110 Å². The molecule has 3 rings (SSSR count). The Morgan fingerprint density at radius 1 is 0.854 bits per heavy atom. The summed E-state index contributed by atoms with van der Waals surface area (Å²) in [6, 6.07) is 7.33. The highest BCUT2D eigenvalue weighted by molar-refractivity contribution is 6.16. The van der Waals surface area contributed by atoms with Crippen LogP contribution in [0, 0.1) is 11.7 Å². The zero-order chi connectivity index (χ0) is 31.9. The number of ether oxygens (including phenoxy) is 4. The summed E-state index contributed by atoms with van der Waals surface area (Å²) in [5.74, 6) is -1.36. The number of hydrogen-bond donors (Lipinski definition) is 1. The molecule has 0 saturated carbocycles. The number of fused-ring (bicyclic) bond motifs is 1. The van der Waals surface area contributed by atoms with Crippen LogP contribution in [-0.4, -0.2) is 51.2 Å². The second-order valence-corrected chi connectivity index (χ2v) is 8.70. The Balaban J connectivity index is 0.00000250. The molecule has 228 valence electrons. The molecule has 0 aliphatic carbocycles. The summed E-state index contributed by atoms with van der Waals surface area (Å²) in [5.41, 5.74) is 4.90.